The Morgan fingerprint density at radius 1 is 1.38 bits per heavy atom. The Morgan fingerprint density at radius 2 is 2.14 bits per heavy atom. The summed E-state index contributed by atoms with van der Waals surface area (Å²) >= 11 is 0. The minimum Gasteiger partial charge on any atom is -0.484 e. The lowest BCUT2D eigenvalue weighted by atomic mass is 10.0. The normalized spacial score (nSPS) is 11.2. The van der Waals surface area contributed by atoms with E-state index in [1.807, 2.05) is 0 Å². The molecule has 1 amide bonds. The van der Waals surface area contributed by atoms with Crippen molar-refractivity contribution in [2.75, 3.05) is 6.61 Å². The Morgan fingerprint density at radius 3 is 2.76 bits per heavy atom. The first-order chi connectivity index (χ1) is 9.88. The maximum Gasteiger partial charge on any atom is 0.258 e. The van der Waals surface area contributed by atoms with Crippen molar-refractivity contribution < 1.29 is 18.3 Å². The summed E-state index contributed by atoms with van der Waals surface area (Å²) < 4.78 is 30.8. The van der Waals surface area contributed by atoms with Crippen molar-refractivity contribution >= 4 is 5.91 Å². The first kappa shape index (κ1) is 14.9. The van der Waals surface area contributed by atoms with Crippen LogP contribution < -0.4 is 10.1 Å². The largest absolute Gasteiger partial charge is 0.484 e. The molecule has 0 unspecified atom stereocenters. The summed E-state index contributed by atoms with van der Waals surface area (Å²) in [5, 5.41) is 12.7. The lowest BCUT2D eigenvalue weighted by Gasteiger charge is -2.23. The monoisotopic (exact) mass is 296 g/mol. The fraction of sp³-hybridized carbons (Fsp3) is 0.308. The van der Waals surface area contributed by atoms with Crippen LogP contribution in [-0.4, -0.2) is 27.9 Å². The summed E-state index contributed by atoms with van der Waals surface area (Å²) in [5.74, 6) is -2.36. The van der Waals surface area contributed by atoms with Gasteiger partial charge < -0.3 is 10.1 Å². The summed E-state index contributed by atoms with van der Waals surface area (Å²) in [7, 11) is 0. The van der Waals surface area contributed by atoms with E-state index in [9.17, 15) is 13.6 Å². The minimum absolute atomic E-state index is 0.0725. The maximum absolute atomic E-state index is 13.0. The number of nitrogens with one attached hydrogen (secondary N) is 2. The molecule has 0 fully saturated rings. The van der Waals surface area contributed by atoms with Crippen LogP contribution in [0.3, 0.4) is 0 Å². The van der Waals surface area contributed by atoms with Gasteiger partial charge in [0, 0.05) is 6.07 Å². The van der Waals surface area contributed by atoms with Crippen LogP contribution in [0.4, 0.5) is 8.78 Å². The van der Waals surface area contributed by atoms with Crippen LogP contribution in [-0.2, 0) is 10.3 Å². The predicted octanol–water partition coefficient (Wildman–Crippen LogP) is 1.51. The molecule has 112 valence electrons. The molecule has 1 aromatic carbocycles. The molecule has 2 rings (SSSR count). The summed E-state index contributed by atoms with van der Waals surface area (Å²) in [5.41, 5.74) is -0.176. The maximum atomic E-state index is 13.0. The van der Waals surface area contributed by atoms with E-state index in [4.69, 9.17) is 4.74 Å². The zero-order valence-corrected chi connectivity index (χ0v) is 11.5. The third-order valence-corrected chi connectivity index (χ3v) is 2.77. The van der Waals surface area contributed by atoms with Crippen molar-refractivity contribution in [2.24, 2.45) is 0 Å². The second-order valence-corrected chi connectivity index (χ2v) is 4.89. The molecular formula is C13H14F2N4O2. The Hall–Kier alpha value is -2.51. The predicted molar refractivity (Wildman–Crippen MR) is 69.4 cm³/mol. The van der Waals surface area contributed by atoms with E-state index in [-0.39, 0.29) is 12.4 Å². The summed E-state index contributed by atoms with van der Waals surface area (Å²) in [6, 6.07) is 3.06. The average molecular weight is 296 g/mol. The highest BCUT2D eigenvalue weighted by Crippen LogP contribution is 2.17. The minimum atomic E-state index is -1.03. The SMILES string of the molecule is CC(C)(NC(=O)COc1ccc(F)c(F)c1)c1cn[nH]n1. The standard InChI is InChI=1S/C13H14F2N4O2/c1-13(2,11-6-16-19-18-11)17-12(20)7-21-8-3-4-9(14)10(15)5-8/h3-6H,7H2,1-2H3,(H,17,20)(H,16,18,19). The van der Waals surface area contributed by atoms with E-state index in [1.165, 1.54) is 12.3 Å². The number of H-pyrrole nitrogens is 1. The van der Waals surface area contributed by atoms with Crippen LogP contribution >= 0.6 is 0 Å². The number of nitrogens with zero attached hydrogens (tertiary/aromatic N) is 2. The Kier molecular flexibility index (Phi) is 4.15. The van der Waals surface area contributed by atoms with Crippen LogP contribution in [0.5, 0.6) is 5.75 Å². The number of halogens is 2. The fourth-order valence-corrected chi connectivity index (χ4v) is 1.67. The zero-order valence-electron chi connectivity index (χ0n) is 11.5. The van der Waals surface area contributed by atoms with Crippen LogP contribution in [0.25, 0.3) is 0 Å². The van der Waals surface area contributed by atoms with Gasteiger partial charge in [-0.05, 0) is 26.0 Å². The van der Waals surface area contributed by atoms with Gasteiger partial charge in [-0.3, -0.25) is 4.79 Å². The number of amides is 1. The molecule has 2 N–H and O–H groups in total. The van der Waals surface area contributed by atoms with Crippen molar-refractivity contribution in [3.8, 4) is 5.75 Å². The molecule has 0 spiro atoms. The van der Waals surface area contributed by atoms with Gasteiger partial charge in [-0.1, -0.05) is 0 Å². The quantitative estimate of drug-likeness (QED) is 0.876. The lowest BCUT2D eigenvalue weighted by molar-refractivity contribution is -0.124. The van der Waals surface area contributed by atoms with E-state index in [2.05, 4.69) is 20.7 Å². The van der Waals surface area contributed by atoms with E-state index in [0.717, 1.165) is 12.1 Å². The first-order valence-corrected chi connectivity index (χ1v) is 6.13. The smallest absolute Gasteiger partial charge is 0.258 e. The molecule has 2 aromatic rings. The Balaban J connectivity index is 1.91. The molecule has 0 aliphatic rings. The molecule has 8 heteroatoms. The molecule has 0 bridgehead atoms. The molecule has 0 aliphatic heterocycles. The van der Waals surface area contributed by atoms with Crippen LogP contribution in [0.2, 0.25) is 0 Å². The average Bonchev–Trinajstić information content (AvgIpc) is 2.94. The van der Waals surface area contributed by atoms with Gasteiger partial charge in [0.25, 0.3) is 5.91 Å². The fourth-order valence-electron chi connectivity index (χ4n) is 1.67. The molecule has 0 aliphatic carbocycles. The third-order valence-electron chi connectivity index (χ3n) is 2.77. The number of benzene rings is 1. The van der Waals surface area contributed by atoms with Crippen molar-refractivity contribution in [1.29, 1.82) is 0 Å². The van der Waals surface area contributed by atoms with E-state index < -0.39 is 23.1 Å². The topological polar surface area (TPSA) is 79.9 Å². The van der Waals surface area contributed by atoms with Crippen LogP contribution in [0.15, 0.2) is 24.4 Å². The van der Waals surface area contributed by atoms with Gasteiger partial charge in [0.05, 0.1) is 11.7 Å². The molecular weight excluding hydrogens is 282 g/mol. The summed E-state index contributed by atoms with van der Waals surface area (Å²) in [4.78, 5) is 11.8. The molecule has 1 heterocycles. The second-order valence-electron chi connectivity index (χ2n) is 4.89. The molecule has 0 atom stereocenters. The second kappa shape index (κ2) is 5.86. The third kappa shape index (κ3) is 3.74. The van der Waals surface area contributed by atoms with Gasteiger partial charge in [0.15, 0.2) is 18.2 Å². The van der Waals surface area contributed by atoms with Crippen LogP contribution in [0, 0.1) is 11.6 Å². The number of aromatic amines is 1. The van der Waals surface area contributed by atoms with E-state index >= 15 is 0 Å². The highest BCUT2D eigenvalue weighted by atomic mass is 19.2. The van der Waals surface area contributed by atoms with Gasteiger partial charge in [-0.25, -0.2) is 8.78 Å². The highest BCUT2D eigenvalue weighted by molar-refractivity contribution is 5.78. The summed E-state index contributed by atoms with van der Waals surface area (Å²) in [6.45, 7) is 3.17. The number of carbonyl (C=O) groups is 1. The van der Waals surface area contributed by atoms with Crippen molar-refractivity contribution in [1.82, 2.24) is 20.7 Å². The molecule has 0 saturated carbocycles. The highest BCUT2D eigenvalue weighted by Gasteiger charge is 2.25. The number of ether oxygens (including phenoxy) is 1. The van der Waals surface area contributed by atoms with E-state index in [1.54, 1.807) is 13.8 Å². The van der Waals surface area contributed by atoms with Gasteiger partial charge in [0.1, 0.15) is 11.4 Å². The molecule has 6 nitrogen and oxygen atoms in total. The van der Waals surface area contributed by atoms with Crippen molar-refractivity contribution in [2.45, 2.75) is 19.4 Å². The molecule has 1 aromatic heterocycles. The lowest BCUT2D eigenvalue weighted by Crippen LogP contribution is -2.43. The van der Waals surface area contributed by atoms with Crippen molar-refractivity contribution in [3.05, 3.63) is 41.7 Å². The molecule has 0 saturated heterocycles. The molecule has 21 heavy (non-hydrogen) atoms. The van der Waals surface area contributed by atoms with Gasteiger partial charge in [-0.2, -0.15) is 15.4 Å². The van der Waals surface area contributed by atoms with Crippen molar-refractivity contribution in [3.63, 3.8) is 0 Å². The first-order valence-electron chi connectivity index (χ1n) is 6.13. The van der Waals surface area contributed by atoms with Gasteiger partial charge in [0.2, 0.25) is 0 Å². The number of aromatic nitrogens is 3. The number of hydrogen-bond donors (Lipinski definition) is 2. The Bertz CT molecular complexity index is 629. The van der Waals surface area contributed by atoms with Gasteiger partial charge in [-0.15, -0.1) is 0 Å². The van der Waals surface area contributed by atoms with Crippen LogP contribution in [0.1, 0.15) is 19.5 Å². The van der Waals surface area contributed by atoms with E-state index in [0.29, 0.717) is 5.69 Å². The van der Waals surface area contributed by atoms with Gasteiger partial charge >= 0.3 is 0 Å². The molecule has 0 radical (unpaired) electrons. The summed E-state index contributed by atoms with van der Waals surface area (Å²) in [6.07, 6.45) is 1.50. The number of rotatable bonds is 5. The number of hydrogen-bond acceptors (Lipinski definition) is 4. The Labute approximate surface area is 119 Å². The number of carbonyl (C=O) groups excluding carboxylic acids is 1. The zero-order chi connectivity index (χ0) is 15.5.